The summed E-state index contributed by atoms with van der Waals surface area (Å²) in [6.45, 7) is 1.52. The SMILES string of the molecule is N#Cc1ccc(-n2nc(C3CCOCC3)nc2-c2ccc[nH]2)cc1. The second kappa shape index (κ2) is 6.30. The van der Waals surface area contributed by atoms with Crippen molar-refractivity contribution < 1.29 is 4.74 Å². The van der Waals surface area contributed by atoms with Crippen LogP contribution < -0.4 is 0 Å². The lowest BCUT2D eigenvalue weighted by atomic mass is 10.00. The molecule has 0 bridgehead atoms. The van der Waals surface area contributed by atoms with Crippen LogP contribution in [0.1, 0.15) is 30.1 Å². The minimum absolute atomic E-state index is 0.326. The van der Waals surface area contributed by atoms with Gasteiger partial charge in [0, 0.05) is 25.3 Å². The lowest BCUT2D eigenvalue weighted by Crippen LogP contribution is -2.15. The van der Waals surface area contributed by atoms with Gasteiger partial charge in [-0.3, -0.25) is 0 Å². The third-order valence-electron chi connectivity index (χ3n) is 4.29. The maximum absolute atomic E-state index is 8.98. The van der Waals surface area contributed by atoms with Crippen LogP contribution in [0, 0.1) is 11.3 Å². The van der Waals surface area contributed by atoms with Crippen molar-refractivity contribution in [2.45, 2.75) is 18.8 Å². The molecule has 2 aromatic heterocycles. The van der Waals surface area contributed by atoms with Crippen LogP contribution in [0.15, 0.2) is 42.6 Å². The summed E-state index contributed by atoms with van der Waals surface area (Å²) < 4.78 is 7.29. The van der Waals surface area contributed by atoms with Crippen molar-refractivity contribution in [3.05, 3.63) is 54.0 Å². The quantitative estimate of drug-likeness (QED) is 0.804. The molecule has 3 heterocycles. The van der Waals surface area contributed by atoms with E-state index in [1.165, 1.54) is 0 Å². The summed E-state index contributed by atoms with van der Waals surface area (Å²) in [7, 11) is 0. The molecule has 1 N–H and O–H groups in total. The summed E-state index contributed by atoms with van der Waals surface area (Å²) in [5.41, 5.74) is 2.44. The van der Waals surface area contributed by atoms with Crippen molar-refractivity contribution in [2.75, 3.05) is 13.2 Å². The van der Waals surface area contributed by atoms with Crippen molar-refractivity contribution in [3.8, 4) is 23.3 Å². The van der Waals surface area contributed by atoms with Crippen LogP contribution in [0.5, 0.6) is 0 Å². The van der Waals surface area contributed by atoms with Gasteiger partial charge >= 0.3 is 0 Å². The molecule has 1 fully saturated rings. The summed E-state index contributed by atoms with van der Waals surface area (Å²) >= 11 is 0. The van der Waals surface area contributed by atoms with Crippen molar-refractivity contribution in [2.24, 2.45) is 0 Å². The number of H-pyrrole nitrogens is 1. The summed E-state index contributed by atoms with van der Waals surface area (Å²) in [6, 6.07) is 13.5. The number of ether oxygens (including phenoxy) is 1. The Bertz CT molecular complexity index is 852. The normalized spacial score (nSPS) is 15.3. The van der Waals surface area contributed by atoms with Crippen molar-refractivity contribution in [1.82, 2.24) is 19.7 Å². The van der Waals surface area contributed by atoms with Gasteiger partial charge in [-0.1, -0.05) is 0 Å². The highest BCUT2D eigenvalue weighted by Crippen LogP contribution is 2.28. The van der Waals surface area contributed by atoms with Gasteiger partial charge in [0.2, 0.25) is 0 Å². The lowest BCUT2D eigenvalue weighted by molar-refractivity contribution is 0.0836. The average molecular weight is 319 g/mol. The van der Waals surface area contributed by atoms with Gasteiger partial charge in [-0.25, -0.2) is 9.67 Å². The predicted octanol–water partition coefficient (Wildman–Crippen LogP) is 3.03. The molecule has 0 atom stereocenters. The van der Waals surface area contributed by atoms with Crippen molar-refractivity contribution >= 4 is 0 Å². The Morgan fingerprint density at radius 1 is 1.17 bits per heavy atom. The maximum atomic E-state index is 8.98. The predicted molar refractivity (Wildman–Crippen MR) is 88.7 cm³/mol. The van der Waals surface area contributed by atoms with E-state index in [4.69, 9.17) is 20.1 Å². The van der Waals surface area contributed by atoms with E-state index in [0.717, 1.165) is 49.1 Å². The molecule has 1 aromatic carbocycles. The molecule has 1 saturated heterocycles. The van der Waals surface area contributed by atoms with Crippen LogP contribution in [0.2, 0.25) is 0 Å². The van der Waals surface area contributed by atoms with Crippen LogP contribution in [0.25, 0.3) is 17.2 Å². The fraction of sp³-hybridized carbons (Fsp3) is 0.278. The molecule has 0 aliphatic carbocycles. The summed E-state index contributed by atoms with van der Waals surface area (Å²) in [5.74, 6) is 1.96. The van der Waals surface area contributed by atoms with Gasteiger partial charge < -0.3 is 9.72 Å². The zero-order valence-electron chi connectivity index (χ0n) is 13.1. The number of rotatable bonds is 3. The number of benzene rings is 1. The number of hydrogen-bond acceptors (Lipinski definition) is 4. The minimum Gasteiger partial charge on any atom is -0.381 e. The summed E-state index contributed by atoms with van der Waals surface area (Å²) in [5, 5.41) is 13.7. The number of nitrogens with one attached hydrogen (secondary N) is 1. The first kappa shape index (κ1) is 14.7. The van der Waals surface area contributed by atoms with E-state index in [-0.39, 0.29) is 0 Å². The standard InChI is InChI=1S/C18H17N5O/c19-12-13-3-5-15(6-4-13)23-18(16-2-1-9-20-16)21-17(22-23)14-7-10-24-11-8-14/h1-6,9,14,20H,7-8,10-11H2. The molecule has 4 rings (SSSR count). The number of aromatic amines is 1. The Morgan fingerprint density at radius 3 is 2.62 bits per heavy atom. The van der Waals surface area contributed by atoms with Gasteiger partial charge in [0.05, 0.1) is 23.0 Å². The Labute approximate surface area is 139 Å². The topological polar surface area (TPSA) is 79.5 Å². The van der Waals surface area contributed by atoms with E-state index in [2.05, 4.69) is 11.1 Å². The highest BCUT2D eigenvalue weighted by atomic mass is 16.5. The van der Waals surface area contributed by atoms with E-state index in [1.54, 1.807) is 12.1 Å². The molecule has 6 heteroatoms. The zero-order chi connectivity index (χ0) is 16.4. The molecule has 0 radical (unpaired) electrons. The molecular weight excluding hydrogens is 302 g/mol. The molecule has 120 valence electrons. The van der Waals surface area contributed by atoms with Gasteiger partial charge in [0.25, 0.3) is 0 Å². The Kier molecular flexibility index (Phi) is 3.85. The zero-order valence-corrected chi connectivity index (χ0v) is 13.1. The Morgan fingerprint density at radius 2 is 1.96 bits per heavy atom. The maximum Gasteiger partial charge on any atom is 0.179 e. The van der Waals surface area contributed by atoms with E-state index in [1.807, 2.05) is 35.1 Å². The molecule has 3 aromatic rings. The number of aromatic nitrogens is 4. The van der Waals surface area contributed by atoms with Gasteiger partial charge in [-0.2, -0.15) is 10.4 Å². The largest absolute Gasteiger partial charge is 0.381 e. The second-order valence-electron chi connectivity index (χ2n) is 5.83. The fourth-order valence-corrected chi connectivity index (χ4v) is 2.96. The van der Waals surface area contributed by atoms with E-state index in [0.29, 0.717) is 11.5 Å². The molecule has 0 saturated carbocycles. The van der Waals surface area contributed by atoms with Gasteiger partial charge in [-0.15, -0.1) is 0 Å². The van der Waals surface area contributed by atoms with Crippen LogP contribution in [0.4, 0.5) is 0 Å². The van der Waals surface area contributed by atoms with Gasteiger partial charge in [-0.05, 0) is 49.2 Å². The third kappa shape index (κ3) is 2.70. The third-order valence-corrected chi connectivity index (χ3v) is 4.29. The van der Waals surface area contributed by atoms with E-state index in [9.17, 15) is 0 Å². The van der Waals surface area contributed by atoms with E-state index < -0.39 is 0 Å². The monoisotopic (exact) mass is 319 g/mol. The molecule has 24 heavy (non-hydrogen) atoms. The summed E-state index contributed by atoms with van der Waals surface area (Å²) in [6.07, 6.45) is 3.77. The Hall–Kier alpha value is -2.91. The van der Waals surface area contributed by atoms with Crippen LogP contribution >= 0.6 is 0 Å². The first-order chi connectivity index (χ1) is 11.8. The highest BCUT2D eigenvalue weighted by molar-refractivity contribution is 5.54. The van der Waals surface area contributed by atoms with E-state index >= 15 is 0 Å². The molecule has 1 aliphatic heterocycles. The van der Waals surface area contributed by atoms with Crippen LogP contribution in [0.3, 0.4) is 0 Å². The molecule has 6 nitrogen and oxygen atoms in total. The van der Waals surface area contributed by atoms with Crippen LogP contribution in [-0.2, 0) is 4.74 Å². The second-order valence-corrected chi connectivity index (χ2v) is 5.83. The average Bonchev–Trinajstić information content (AvgIpc) is 3.32. The van der Waals surface area contributed by atoms with Crippen LogP contribution in [-0.4, -0.2) is 33.0 Å². The fourth-order valence-electron chi connectivity index (χ4n) is 2.96. The van der Waals surface area contributed by atoms with Gasteiger partial charge in [0.1, 0.15) is 0 Å². The first-order valence-corrected chi connectivity index (χ1v) is 8.04. The molecular formula is C18H17N5O. The molecule has 0 unspecified atom stereocenters. The molecule has 0 spiro atoms. The number of nitrogens with zero attached hydrogens (tertiary/aromatic N) is 4. The van der Waals surface area contributed by atoms with Crippen molar-refractivity contribution in [3.63, 3.8) is 0 Å². The lowest BCUT2D eigenvalue weighted by Gasteiger charge is -2.18. The minimum atomic E-state index is 0.326. The highest BCUT2D eigenvalue weighted by Gasteiger charge is 2.23. The smallest absolute Gasteiger partial charge is 0.179 e. The summed E-state index contributed by atoms with van der Waals surface area (Å²) in [4.78, 5) is 8.00. The molecule has 0 amide bonds. The molecule has 1 aliphatic rings. The van der Waals surface area contributed by atoms with Gasteiger partial charge in [0.15, 0.2) is 11.6 Å². The first-order valence-electron chi connectivity index (χ1n) is 8.04. The number of nitriles is 1. The number of hydrogen-bond donors (Lipinski definition) is 1. The van der Waals surface area contributed by atoms with Crippen molar-refractivity contribution in [1.29, 1.82) is 5.26 Å². The Balaban J connectivity index is 1.78.